The lowest BCUT2D eigenvalue weighted by Crippen LogP contribution is -2.46. The molecular weight excluding hydrogens is 946 g/mol. The van der Waals surface area contributed by atoms with Gasteiger partial charge in [0.05, 0.1) is 21.6 Å². The van der Waals surface area contributed by atoms with E-state index in [1.165, 1.54) is 24.0 Å². The number of nitro groups is 1. The summed E-state index contributed by atoms with van der Waals surface area (Å²) in [5, 5.41) is 17.1. The highest BCUT2D eigenvalue weighted by molar-refractivity contribution is 7.99. The number of hydrogen-bond acceptors (Lipinski definition) is 14. The molecule has 0 saturated carbocycles. The molecule has 2 saturated heterocycles. The van der Waals surface area contributed by atoms with Crippen LogP contribution >= 0.6 is 23.4 Å². The number of nitrogens with one attached hydrogen (secondary N) is 3. The molecule has 1 unspecified atom stereocenters. The summed E-state index contributed by atoms with van der Waals surface area (Å²) in [4.78, 5) is 40.7. The summed E-state index contributed by atoms with van der Waals surface area (Å²) < 4.78 is 55.6. The molecule has 1 atom stereocenters. The molecule has 68 heavy (non-hydrogen) atoms. The normalized spacial score (nSPS) is 15.8. The molecule has 20 heteroatoms. The van der Waals surface area contributed by atoms with E-state index in [0.29, 0.717) is 60.6 Å². The third-order valence-corrected chi connectivity index (χ3v) is 15.5. The Morgan fingerprint density at radius 2 is 1.57 bits per heavy atom. The topological polar surface area (TPSA) is 200 Å². The fraction of sp³-hybridized carbons (Fsp3) is 0.312. The third-order valence-electron chi connectivity index (χ3n) is 12.2. The van der Waals surface area contributed by atoms with Gasteiger partial charge in [-0.2, -0.15) is 0 Å². The van der Waals surface area contributed by atoms with Gasteiger partial charge in [0, 0.05) is 84.0 Å². The fourth-order valence-corrected chi connectivity index (χ4v) is 11.4. The molecule has 0 radical (unpaired) electrons. The first-order valence-electron chi connectivity index (χ1n) is 22.2. The molecule has 3 heterocycles. The summed E-state index contributed by atoms with van der Waals surface area (Å²) in [5.41, 5.74) is 4.72. The van der Waals surface area contributed by atoms with E-state index in [1.54, 1.807) is 17.8 Å². The van der Waals surface area contributed by atoms with Crippen LogP contribution in [0.15, 0.2) is 131 Å². The molecule has 0 bridgehead atoms. The minimum atomic E-state index is -4.35. The minimum absolute atomic E-state index is 0.0463. The van der Waals surface area contributed by atoms with Crippen molar-refractivity contribution in [2.45, 2.75) is 41.6 Å². The zero-order chi connectivity index (χ0) is 47.8. The van der Waals surface area contributed by atoms with Crippen LogP contribution in [-0.4, -0.2) is 111 Å². The second-order valence-corrected chi connectivity index (χ2v) is 22.0. The maximum Gasteiger partial charge on any atom is 0.293 e. The van der Waals surface area contributed by atoms with Crippen LogP contribution in [0.1, 0.15) is 24.8 Å². The van der Waals surface area contributed by atoms with Gasteiger partial charge in [-0.25, -0.2) is 26.8 Å². The van der Waals surface area contributed by atoms with Crippen molar-refractivity contribution in [3.63, 3.8) is 0 Å². The Morgan fingerprint density at radius 1 is 0.853 bits per heavy atom. The molecule has 2 fully saturated rings. The Bertz CT molecular complexity index is 2980. The number of halogens is 1. The SMILES string of the molecule is CS(=O)(=O)NC(=O)C1CCN(CCC(CSc2ccccc2)Nc2ccc(S(=O)(=O)Nc3ncnc4cc(N5CCN(Cc6cc(Cl)ccc6-c6ccccc6)CC5)ccc34)cc2[N+](=O)[O-])CC1. The van der Waals surface area contributed by atoms with Gasteiger partial charge in [-0.1, -0.05) is 66.2 Å². The van der Waals surface area contributed by atoms with Crippen molar-refractivity contribution >= 4 is 83.1 Å². The predicted molar refractivity (Wildman–Crippen MR) is 269 cm³/mol. The van der Waals surface area contributed by atoms with Crippen molar-refractivity contribution in [3.05, 3.63) is 142 Å². The van der Waals surface area contributed by atoms with Crippen LogP contribution < -0.4 is 19.7 Å². The number of likely N-dealkylation sites (tertiary alicyclic amines) is 1. The molecule has 3 N–H and O–H groups in total. The van der Waals surface area contributed by atoms with Gasteiger partial charge in [0.25, 0.3) is 15.7 Å². The maximum atomic E-state index is 13.9. The summed E-state index contributed by atoms with van der Waals surface area (Å²) in [5.74, 6) is -0.306. The number of aromatic nitrogens is 2. The van der Waals surface area contributed by atoms with Gasteiger partial charge in [0.15, 0.2) is 5.82 Å². The summed E-state index contributed by atoms with van der Waals surface area (Å²) in [6, 6.07) is 35.2. The summed E-state index contributed by atoms with van der Waals surface area (Å²) in [6.45, 7) is 5.72. The molecule has 1 amide bonds. The first kappa shape index (κ1) is 48.6. The summed E-state index contributed by atoms with van der Waals surface area (Å²) in [6.07, 6.45) is 3.83. The molecule has 2 aliphatic rings. The van der Waals surface area contributed by atoms with Crippen molar-refractivity contribution in [3.8, 4) is 11.1 Å². The van der Waals surface area contributed by atoms with Gasteiger partial charge in [0.1, 0.15) is 12.0 Å². The van der Waals surface area contributed by atoms with E-state index in [9.17, 15) is 31.7 Å². The van der Waals surface area contributed by atoms with Crippen molar-refractivity contribution in [1.29, 1.82) is 0 Å². The van der Waals surface area contributed by atoms with E-state index in [-0.39, 0.29) is 22.4 Å². The van der Waals surface area contributed by atoms with E-state index in [0.717, 1.165) is 66.8 Å². The molecule has 0 aliphatic carbocycles. The van der Waals surface area contributed by atoms with Crippen LogP contribution in [0.3, 0.4) is 0 Å². The van der Waals surface area contributed by atoms with Gasteiger partial charge >= 0.3 is 0 Å². The van der Waals surface area contributed by atoms with Crippen LogP contribution in [0.5, 0.6) is 0 Å². The van der Waals surface area contributed by atoms with Gasteiger partial charge in [0.2, 0.25) is 15.9 Å². The molecule has 356 valence electrons. The lowest BCUT2D eigenvalue weighted by Gasteiger charge is -2.36. The van der Waals surface area contributed by atoms with E-state index < -0.39 is 42.5 Å². The van der Waals surface area contributed by atoms with Crippen molar-refractivity contribution in [2.24, 2.45) is 5.92 Å². The summed E-state index contributed by atoms with van der Waals surface area (Å²) in [7, 11) is -8.00. The Kier molecular flexibility index (Phi) is 15.5. The highest BCUT2D eigenvalue weighted by Crippen LogP contribution is 2.33. The van der Waals surface area contributed by atoms with Crippen LogP contribution in [-0.2, 0) is 31.4 Å². The van der Waals surface area contributed by atoms with E-state index in [2.05, 4.69) is 57.6 Å². The second-order valence-electron chi connectivity index (χ2n) is 17.0. The first-order valence-corrected chi connectivity index (χ1v) is 27.0. The number of sulfonamides is 2. The van der Waals surface area contributed by atoms with E-state index in [1.807, 2.05) is 72.8 Å². The molecule has 2 aliphatic heterocycles. The standard InChI is InChI=1S/C48H52ClN9O7S3/c1-67(62,63)54-48(59)35-18-21-55(22-19-35)23-20-38(32-66-40-10-6-3-7-11-40)52-44-17-14-41(30-46(44)58(60)61)68(64,65)53-47-43-16-13-39(29-45(43)50-33-51-47)57-26-24-56(25-27-57)31-36-28-37(49)12-15-42(36)34-8-4-2-5-9-34/h2-17,28-30,33,35,38,52H,18-27,31-32H2,1H3,(H,54,59)(H,50,51,53). The number of carbonyl (C=O) groups excluding carboxylic acids is 1. The van der Waals surface area contributed by atoms with Crippen molar-refractivity contribution in [1.82, 2.24) is 24.5 Å². The number of carbonyl (C=O) groups is 1. The molecule has 8 rings (SSSR count). The molecular formula is C48H52ClN9O7S3. The Labute approximate surface area is 405 Å². The number of nitrogens with zero attached hydrogens (tertiary/aromatic N) is 6. The number of fused-ring (bicyclic) bond motifs is 1. The van der Waals surface area contributed by atoms with Crippen LogP contribution in [0, 0.1) is 16.0 Å². The molecule has 1 aromatic heterocycles. The number of amides is 1. The number of anilines is 3. The molecule has 6 aromatic rings. The molecule has 0 spiro atoms. The van der Waals surface area contributed by atoms with Crippen molar-refractivity contribution in [2.75, 3.05) is 72.8 Å². The lowest BCUT2D eigenvalue weighted by molar-refractivity contribution is -0.384. The zero-order valence-corrected chi connectivity index (χ0v) is 40.5. The number of piperazine rings is 1. The molecule has 16 nitrogen and oxygen atoms in total. The quantitative estimate of drug-likeness (QED) is 0.0429. The Morgan fingerprint density at radius 3 is 2.28 bits per heavy atom. The number of thioether (sulfide) groups is 1. The number of benzene rings is 5. The lowest BCUT2D eigenvalue weighted by atomic mass is 9.96. The number of hydrogen-bond donors (Lipinski definition) is 3. The third kappa shape index (κ3) is 12.6. The van der Waals surface area contributed by atoms with E-state index in [4.69, 9.17) is 11.6 Å². The Hall–Kier alpha value is -5.83. The largest absolute Gasteiger partial charge is 0.376 e. The Balaban J connectivity index is 0.921. The average molecular weight is 999 g/mol. The van der Waals surface area contributed by atoms with Gasteiger partial charge in [-0.15, -0.1) is 11.8 Å². The minimum Gasteiger partial charge on any atom is -0.376 e. The number of rotatable bonds is 18. The van der Waals surface area contributed by atoms with Crippen LogP contribution in [0.2, 0.25) is 5.02 Å². The molecule has 5 aromatic carbocycles. The van der Waals surface area contributed by atoms with Gasteiger partial charge in [-0.05, 0) is 104 Å². The van der Waals surface area contributed by atoms with Crippen molar-refractivity contribution < 1.29 is 26.6 Å². The van der Waals surface area contributed by atoms with Crippen LogP contribution in [0.25, 0.3) is 22.0 Å². The fourth-order valence-electron chi connectivity index (χ4n) is 8.61. The maximum absolute atomic E-state index is 13.9. The smallest absolute Gasteiger partial charge is 0.293 e. The monoisotopic (exact) mass is 997 g/mol. The first-order chi connectivity index (χ1) is 32.7. The summed E-state index contributed by atoms with van der Waals surface area (Å²) >= 11 is 8.03. The highest BCUT2D eigenvalue weighted by atomic mass is 35.5. The van der Waals surface area contributed by atoms with Gasteiger partial charge < -0.3 is 15.1 Å². The highest BCUT2D eigenvalue weighted by Gasteiger charge is 2.29. The predicted octanol–water partition coefficient (Wildman–Crippen LogP) is 7.73. The van der Waals surface area contributed by atoms with Crippen LogP contribution in [0.4, 0.5) is 22.9 Å². The van der Waals surface area contributed by atoms with E-state index >= 15 is 0 Å². The average Bonchev–Trinajstić information content (AvgIpc) is 3.32. The van der Waals surface area contributed by atoms with Gasteiger partial charge in [-0.3, -0.25) is 29.3 Å². The zero-order valence-electron chi connectivity index (χ0n) is 37.3. The number of piperidine rings is 1. The number of nitro benzene ring substituents is 1. The second kappa shape index (κ2) is 21.6.